The first kappa shape index (κ1) is 23.4. The number of hydrogen-bond donors (Lipinski definition) is 1. The lowest BCUT2D eigenvalue weighted by atomic mass is 9.54. The molecular formula is C28H30F3N3O2. The highest BCUT2D eigenvalue weighted by Crippen LogP contribution is 2.65. The Bertz CT molecular complexity index is 1290. The van der Waals surface area contributed by atoms with Gasteiger partial charge in [0.15, 0.2) is 11.5 Å². The van der Waals surface area contributed by atoms with Gasteiger partial charge in [-0.25, -0.2) is 4.68 Å². The van der Waals surface area contributed by atoms with Crippen LogP contribution < -0.4 is 4.74 Å². The van der Waals surface area contributed by atoms with Gasteiger partial charge in [0.1, 0.15) is 0 Å². The van der Waals surface area contributed by atoms with Gasteiger partial charge in [0.2, 0.25) is 0 Å². The smallest absolute Gasteiger partial charge is 0.416 e. The lowest BCUT2D eigenvalue weighted by molar-refractivity contribution is -0.137. The molecule has 3 aromatic rings. The molecule has 3 aliphatic rings. The second-order valence-corrected chi connectivity index (χ2v) is 10.9. The standard InChI is InChI=1S/C28H30F3N3O2/c1-27-12-11-19-20(8-3-16-13-25(35)26(36-2)14-21(16)19)22(27)9-10-23(27)24-15-34(33-32-24)18-6-4-17(5-7-18)28(29,30)31/h4-7,13-15,19-20,22-23,35H,3,8-12H2,1-2H3/t19-,20+,22-,23+,27-/m0/s1. The SMILES string of the molecule is COc1cc2c(cc1O)CC[C@@H]1[C@@H]2CC[C@]2(C)[C@@H](c3cn(-c4ccc(C(F)(F)F)cc4)nn3)CC[C@@H]12. The van der Waals surface area contributed by atoms with Crippen molar-refractivity contribution in [2.24, 2.45) is 17.3 Å². The molecule has 2 fully saturated rings. The molecule has 6 rings (SSSR count). The van der Waals surface area contributed by atoms with E-state index in [4.69, 9.17) is 4.74 Å². The summed E-state index contributed by atoms with van der Waals surface area (Å²) >= 11 is 0. The number of hydrogen-bond acceptors (Lipinski definition) is 4. The predicted octanol–water partition coefficient (Wildman–Crippen LogP) is 6.64. The van der Waals surface area contributed by atoms with E-state index in [1.165, 1.54) is 23.3 Å². The number of ether oxygens (including phenoxy) is 1. The number of aromatic nitrogens is 3. The fraction of sp³-hybridized carbons (Fsp3) is 0.500. The monoisotopic (exact) mass is 497 g/mol. The van der Waals surface area contributed by atoms with Crippen LogP contribution in [0.2, 0.25) is 0 Å². The summed E-state index contributed by atoms with van der Waals surface area (Å²) in [5, 5.41) is 19.0. The van der Waals surface area contributed by atoms with Gasteiger partial charge in [0, 0.05) is 5.92 Å². The van der Waals surface area contributed by atoms with Gasteiger partial charge in [-0.1, -0.05) is 12.1 Å². The third kappa shape index (κ3) is 3.59. The summed E-state index contributed by atoms with van der Waals surface area (Å²) in [5.41, 5.74) is 3.52. The van der Waals surface area contributed by atoms with Crippen LogP contribution in [0.4, 0.5) is 13.2 Å². The van der Waals surface area contributed by atoms with E-state index in [0.717, 1.165) is 56.4 Å². The highest BCUT2D eigenvalue weighted by Gasteiger charge is 2.55. The molecule has 0 unspecified atom stereocenters. The number of fused-ring (bicyclic) bond motifs is 5. The summed E-state index contributed by atoms with van der Waals surface area (Å²) in [7, 11) is 1.60. The van der Waals surface area contributed by atoms with Gasteiger partial charge in [-0.3, -0.25) is 0 Å². The van der Waals surface area contributed by atoms with Crippen molar-refractivity contribution in [1.82, 2.24) is 15.0 Å². The first-order valence-electron chi connectivity index (χ1n) is 12.7. The zero-order valence-electron chi connectivity index (χ0n) is 20.4. The first-order chi connectivity index (χ1) is 17.2. The number of aromatic hydroxyl groups is 1. The second-order valence-electron chi connectivity index (χ2n) is 10.9. The van der Waals surface area contributed by atoms with Crippen LogP contribution in [0.1, 0.15) is 73.2 Å². The van der Waals surface area contributed by atoms with Crippen molar-refractivity contribution in [3.05, 3.63) is 65.0 Å². The third-order valence-electron chi connectivity index (χ3n) is 9.35. The van der Waals surface area contributed by atoms with Crippen molar-refractivity contribution in [1.29, 1.82) is 0 Å². The van der Waals surface area contributed by atoms with Gasteiger partial charge in [-0.05, 0) is 109 Å². The van der Waals surface area contributed by atoms with Crippen LogP contribution in [0.15, 0.2) is 42.6 Å². The number of phenolic OH excluding ortho intramolecular Hbond substituents is 1. The Labute approximate surface area is 208 Å². The molecule has 2 saturated carbocycles. The quantitative estimate of drug-likeness (QED) is 0.441. The fourth-order valence-electron chi connectivity index (χ4n) is 7.60. The molecule has 0 amide bonds. The van der Waals surface area contributed by atoms with Crippen molar-refractivity contribution in [3.8, 4) is 17.2 Å². The molecule has 2 aromatic carbocycles. The molecule has 0 radical (unpaired) electrons. The lowest BCUT2D eigenvalue weighted by Crippen LogP contribution is -2.41. The molecule has 5 nitrogen and oxygen atoms in total. The van der Waals surface area contributed by atoms with Crippen LogP contribution >= 0.6 is 0 Å². The van der Waals surface area contributed by atoms with E-state index >= 15 is 0 Å². The molecule has 1 heterocycles. The number of phenols is 1. The van der Waals surface area contributed by atoms with Gasteiger partial charge in [-0.15, -0.1) is 5.10 Å². The molecular weight excluding hydrogens is 467 g/mol. The number of benzene rings is 2. The molecule has 3 aliphatic carbocycles. The Balaban J connectivity index is 1.25. The third-order valence-corrected chi connectivity index (χ3v) is 9.35. The number of methoxy groups -OCH3 is 1. The van der Waals surface area contributed by atoms with Gasteiger partial charge < -0.3 is 9.84 Å². The van der Waals surface area contributed by atoms with Gasteiger partial charge in [0.25, 0.3) is 0 Å². The maximum Gasteiger partial charge on any atom is 0.416 e. The van der Waals surface area contributed by atoms with Gasteiger partial charge >= 0.3 is 6.18 Å². The Hall–Kier alpha value is -3.03. The van der Waals surface area contributed by atoms with Crippen molar-refractivity contribution >= 4 is 0 Å². The van der Waals surface area contributed by atoms with Crippen LogP contribution in [0.25, 0.3) is 5.69 Å². The van der Waals surface area contributed by atoms with Crippen LogP contribution in [0.3, 0.4) is 0 Å². The highest BCUT2D eigenvalue weighted by molar-refractivity contribution is 5.49. The zero-order chi connectivity index (χ0) is 25.2. The van der Waals surface area contributed by atoms with Crippen molar-refractivity contribution in [2.75, 3.05) is 7.11 Å². The fourth-order valence-corrected chi connectivity index (χ4v) is 7.60. The summed E-state index contributed by atoms with van der Waals surface area (Å²) < 4.78 is 45.8. The van der Waals surface area contributed by atoms with E-state index in [-0.39, 0.29) is 17.1 Å². The Morgan fingerprint density at radius 2 is 1.86 bits per heavy atom. The maximum absolute atomic E-state index is 12.9. The molecule has 1 N–H and O–H groups in total. The van der Waals surface area contributed by atoms with Crippen molar-refractivity contribution in [2.45, 2.75) is 63.5 Å². The predicted molar refractivity (Wildman–Crippen MR) is 128 cm³/mol. The molecule has 8 heteroatoms. The van der Waals surface area contributed by atoms with Crippen LogP contribution in [-0.2, 0) is 12.6 Å². The molecule has 0 saturated heterocycles. The van der Waals surface area contributed by atoms with E-state index < -0.39 is 11.7 Å². The summed E-state index contributed by atoms with van der Waals surface area (Å²) in [6.07, 6.45) is 3.98. The number of aryl methyl sites for hydroxylation is 1. The number of alkyl halides is 3. The summed E-state index contributed by atoms with van der Waals surface area (Å²) in [5.74, 6) is 2.68. The van der Waals surface area contributed by atoms with Crippen molar-refractivity contribution < 1.29 is 23.0 Å². The minimum Gasteiger partial charge on any atom is -0.504 e. The van der Waals surface area contributed by atoms with Gasteiger partial charge in [-0.2, -0.15) is 13.2 Å². The minimum absolute atomic E-state index is 0.112. The highest BCUT2D eigenvalue weighted by atomic mass is 19.4. The summed E-state index contributed by atoms with van der Waals surface area (Å²) in [6.45, 7) is 2.40. The molecule has 0 spiro atoms. The second kappa shape index (κ2) is 8.25. The Kier molecular flexibility index (Phi) is 5.36. The maximum atomic E-state index is 12.9. The average molecular weight is 498 g/mol. The molecule has 190 valence electrons. The summed E-state index contributed by atoms with van der Waals surface area (Å²) in [4.78, 5) is 0. The number of halogens is 3. The Morgan fingerprint density at radius 3 is 2.58 bits per heavy atom. The first-order valence-corrected chi connectivity index (χ1v) is 12.7. The van der Waals surface area contributed by atoms with Crippen LogP contribution in [0.5, 0.6) is 11.5 Å². The topological polar surface area (TPSA) is 60.2 Å². The van der Waals surface area contributed by atoms with E-state index in [9.17, 15) is 18.3 Å². The largest absolute Gasteiger partial charge is 0.504 e. The molecule has 36 heavy (non-hydrogen) atoms. The minimum atomic E-state index is -4.36. The summed E-state index contributed by atoms with van der Waals surface area (Å²) in [6, 6.07) is 8.98. The Morgan fingerprint density at radius 1 is 1.08 bits per heavy atom. The number of rotatable bonds is 3. The molecule has 0 aliphatic heterocycles. The number of nitrogens with zero attached hydrogens (tertiary/aromatic N) is 3. The van der Waals surface area contributed by atoms with E-state index in [0.29, 0.717) is 29.2 Å². The molecule has 0 bridgehead atoms. The van der Waals surface area contributed by atoms with E-state index in [1.54, 1.807) is 11.8 Å². The zero-order valence-corrected chi connectivity index (χ0v) is 20.4. The van der Waals surface area contributed by atoms with Gasteiger partial charge in [0.05, 0.1) is 30.3 Å². The molecule has 1 aromatic heterocycles. The lowest BCUT2D eigenvalue weighted by Gasteiger charge is -2.50. The van der Waals surface area contributed by atoms with Crippen molar-refractivity contribution in [3.63, 3.8) is 0 Å². The van der Waals surface area contributed by atoms with Crippen LogP contribution in [0, 0.1) is 17.3 Å². The van der Waals surface area contributed by atoms with E-state index in [1.807, 2.05) is 18.3 Å². The average Bonchev–Trinajstić information content (AvgIpc) is 3.47. The molecule has 5 atom stereocenters. The van der Waals surface area contributed by atoms with E-state index in [2.05, 4.69) is 17.2 Å². The van der Waals surface area contributed by atoms with Crippen LogP contribution in [-0.4, -0.2) is 27.2 Å². The normalized spacial score (nSPS) is 29.4.